The highest BCUT2D eigenvalue weighted by Crippen LogP contribution is 2.36. The lowest BCUT2D eigenvalue weighted by atomic mass is 9.89. The van der Waals surface area contributed by atoms with E-state index < -0.39 is 0 Å². The Morgan fingerprint density at radius 3 is 3.04 bits per heavy atom. The summed E-state index contributed by atoms with van der Waals surface area (Å²) in [4.78, 5) is 27.3. The average molecular weight is 400 g/mol. The predicted octanol–water partition coefficient (Wildman–Crippen LogP) is 5.01. The summed E-state index contributed by atoms with van der Waals surface area (Å²) < 4.78 is 1.19. The number of para-hydroxylation sites is 1. The molecule has 5 rings (SSSR count). The van der Waals surface area contributed by atoms with Gasteiger partial charge in [0.25, 0.3) is 5.56 Å². The third kappa shape index (κ3) is 2.88. The molecule has 0 unspecified atom stereocenters. The third-order valence-electron chi connectivity index (χ3n) is 4.81. The molecule has 0 fully saturated rings. The van der Waals surface area contributed by atoms with Gasteiger partial charge in [0.2, 0.25) is 0 Å². The number of rotatable bonds is 3. The molecule has 0 saturated carbocycles. The van der Waals surface area contributed by atoms with Crippen molar-refractivity contribution in [2.24, 2.45) is 5.92 Å². The molecule has 0 radical (unpaired) electrons. The number of hydrogen-bond acceptors (Lipinski definition) is 6. The summed E-state index contributed by atoms with van der Waals surface area (Å²) in [6.45, 7) is 2.28. The van der Waals surface area contributed by atoms with Crippen LogP contribution in [0.1, 0.15) is 28.8 Å². The second-order valence-electron chi connectivity index (χ2n) is 6.77. The average Bonchev–Trinajstić information content (AvgIpc) is 3.19. The van der Waals surface area contributed by atoms with Crippen LogP contribution in [0.5, 0.6) is 0 Å². The Labute approximate surface area is 162 Å². The van der Waals surface area contributed by atoms with Gasteiger partial charge in [0.15, 0.2) is 5.16 Å². The summed E-state index contributed by atoms with van der Waals surface area (Å²) in [7, 11) is 0. The van der Waals surface area contributed by atoms with Crippen molar-refractivity contribution >= 4 is 54.9 Å². The van der Waals surface area contributed by atoms with Gasteiger partial charge in [-0.05, 0) is 42.9 Å². The van der Waals surface area contributed by atoms with E-state index in [1.165, 1.54) is 15.1 Å². The smallest absolute Gasteiger partial charge is 0.260 e. The first-order chi connectivity index (χ1) is 12.7. The van der Waals surface area contributed by atoms with E-state index in [9.17, 15) is 4.79 Å². The Kier molecular flexibility index (Phi) is 4.10. The second-order valence-corrected chi connectivity index (χ2v) is 9.93. The van der Waals surface area contributed by atoms with E-state index in [2.05, 4.69) is 23.0 Å². The van der Waals surface area contributed by atoms with Gasteiger partial charge in [0.05, 0.1) is 21.4 Å². The number of thiazole rings is 1. The first kappa shape index (κ1) is 16.5. The van der Waals surface area contributed by atoms with Gasteiger partial charge in [-0.25, -0.2) is 9.97 Å². The number of aryl methyl sites for hydroxylation is 1. The van der Waals surface area contributed by atoms with Crippen molar-refractivity contribution in [3.8, 4) is 0 Å². The number of aromatic amines is 1. The van der Waals surface area contributed by atoms with Crippen molar-refractivity contribution in [3.05, 3.63) is 50.1 Å². The van der Waals surface area contributed by atoms with Crippen molar-refractivity contribution < 1.29 is 0 Å². The molecule has 0 bridgehead atoms. The summed E-state index contributed by atoms with van der Waals surface area (Å²) in [6, 6.07) is 8.16. The number of hydrogen-bond donors (Lipinski definition) is 1. The molecule has 0 saturated heterocycles. The van der Waals surface area contributed by atoms with Crippen LogP contribution in [0.2, 0.25) is 0 Å². The van der Waals surface area contributed by atoms with Crippen molar-refractivity contribution in [2.45, 2.75) is 37.1 Å². The topological polar surface area (TPSA) is 58.6 Å². The molecule has 4 aromatic rings. The standard InChI is InChI=1S/C19H17N3OS3/c1-10-6-7-11-14(8-10)26-18-16(11)17(23)21-19(22-18)24-9-15-20-12-4-2-3-5-13(12)25-15/h2-5,10H,6-9H2,1H3,(H,21,22,23)/t10-/m1/s1. The van der Waals surface area contributed by atoms with Crippen LogP contribution in [0, 0.1) is 5.92 Å². The Hall–Kier alpha value is -1.70. The normalized spacial score (nSPS) is 17.0. The first-order valence-corrected chi connectivity index (χ1v) is 11.3. The minimum absolute atomic E-state index is 0.00820. The monoisotopic (exact) mass is 399 g/mol. The molecular weight excluding hydrogens is 382 g/mol. The second kappa shape index (κ2) is 6.48. The number of thioether (sulfide) groups is 1. The van der Waals surface area contributed by atoms with Crippen LogP contribution in [0.4, 0.5) is 0 Å². The number of benzene rings is 1. The molecule has 0 aliphatic heterocycles. The van der Waals surface area contributed by atoms with E-state index in [1.807, 2.05) is 18.2 Å². The van der Waals surface area contributed by atoms with Crippen LogP contribution in [0.3, 0.4) is 0 Å². The summed E-state index contributed by atoms with van der Waals surface area (Å²) in [5.74, 6) is 1.41. The molecule has 1 aliphatic rings. The molecular formula is C19H17N3OS3. The van der Waals surface area contributed by atoms with Gasteiger partial charge in [-0.15, -0.1) is 22.7 Å². The van der Waals surface area contributed by atoms with Gasteiger partial charge in [-0.1, -0.05) is 30.8 Å². The van der Waals surface area contributed by atoms with E-state index in [-0.39, 0.29) is 5.56 Å². The highest BCUT2D eigenvalue weighted by molar-refractivity contribution is 7.98. The minimum Gasteiger partial charge on any atom is -0.301 e. The Morgan fingerprint density at radius 2 is 2.15 bits per heavy atom. The lowest BCUT2D eigenvalue weighted by molar-refractivity contribution is 0.509. The number of nitrogens with one attached hydrogen (secondary N) is 1. The Bertz CT molecular complexity index is 1140. The molecule has 132 valence electrons. The summed E-state index contributed by atoms with van der Waals surface area (Å²) in [6.07, 6.45) is 3.23. The van der Waals surface area contributed by atoms with Gasteiger partial charge in [-0.2, -0.15) is 0 Å². The molecule has 0 spiro atoms. The zero-order valence-corrected chi connectivity index (χ0v) is 16.7. The fraction of sp³-hybridized carbons (Fsp3) is 0.316. The van der Waals surface area contributed by atoms with Gasteiger partial charge >= 0.3 is 0 Å². The summed E-state index contributed by atoms with van der Waals surface area (Å²) in [5.41, 5.74) is 2.28. The molecule has 26 heavy (non-hydrogen) atoms. The van der Waals surface area contributed by atoms with Crippen LogP contribution >= 0.6 is 34.4 Å². The van der Waals surface area contributed by atoms with E-state index >= 15 is 0 Å². The lowest BCUT2D eigenvalue weighted by Gasteiger charge is -2.17. The van der Waals surface area contributed by atoms with E-state index in [0.717, 1.165) is 45.8 Å². The van der Waals surface area contributed by atoms with Crippen molar-refractivity contribution in [2.75, 3.05) is 0 Å². The van der Waals surface area contributed by atoms with Crippen molar-refractivity contribution in [1.82, 2.24) is 15.0 Å². The number of thiophene rings is 1. The molecule has 1 aromatic carbocycles. The van der Waals surface area contributed by atoms with Gasteiger partial charge < -0.3 is 4.98 Å². The van der Waals surface area contributed by atoms with Crippen LogP contribution < -0.4 is 5.56 Å². The maximum Gasteiger partial charge on any atom is 0.260 e. The van der Waals surface area contributed by atoms with E-state index in [4.69, 9.17) is 4.98 Å². The molecule has 1 atom stereocenters. The lowest BCUT2D eigenvalue weighted by Crippen LogP contribution is -2.13. The summed E-state index contributed by atoms with van der Waals surface area (Å²) in [5, 5.41) is 2.56. The number of aromatic nitrogens is 3. The fourth-order valence-corrected chi connectivity index (χ4v) is 6.77. The van der Waals surface area contributed by atoms with E-state index in [0.29, 0.717) is 11.1 Å². The van der Waals surface area contributed by atoms with Crippen LogP contribution in [0.25, 0.3) is 20.4 Å². The Morgan fingerprint density at radius 1 is 1.27 bits per heavy atom. The zero-order chi connectivity index (χ0) is 17.7. The first-order valence-electron chi connectivity index (χ1n) is 8.69. The van der Waals surface area contributed by atoms with E-state index in [1.54, 1.807) is 34.4 Å². The van der Waals surface area contributed by atoms with Gasteiger partial charge in [0, 0.05) is 4.88 Å². The predicted molar refractivity (Wildman–Crippen MR) is 111 cm³/mol. The molecule has 4 nitrogen and oxygen atoms in total. The molecule has 7 heteroatoms. The fourth-order valence-electron chi connectivity index (χ4n) is 3.51. The zero-order valence-electron chi connectivity index (χ0n) is 14.2. The van der Waals surface area contributed by atoms with Gasteiger partial charge in [0.1, 0.15) is 9.84 Å². The third-order valence-corrected chi connectivity index (χ3v) is 8.07. The minimum atomic E-state index is 0.00820. The maximum atomic E-state index is 12.7. The molecule has 3 aromatic heterocycles. The maximum absolute atomic E-state index is 12.7. The van der Waals surface area contributed by atoms with Crippen molar-refractivity contribution in [3.63, 3.8) is 0 Å². The molecule has 1 N–H and O–H groups in total. The van der Waals surface area contributed by atoms with Gasteiger partial charge in [-0.3, -0.25) is 4.79 Å². The quantitative estimate of drug-likeness (QED) is 0.388. The highest BCUT2D eigenvalue weighted by atomic mass is 32.2. The molecule has 0 amide bonds. The number of nitrogens with zero attached hydrogens (tertiary/aromatic N) is 2. The van der Waals surface area contributed by atoms with Crippen LogP contribution in [0.15, 0.2) is 34.2 Å². The van der Waals surface area contributed by atoms with Crippen molar-refractivity contribution in [1.29, 1.82) is 0 Å². The SMILES string of the molecule is C[C@@H]1CCc2c(sc3nc(SCc4nc5ccccc5s4)[nH]c(=O)c23)C1. The van der Waals surface area contributed by atoms with Crippen LogP contribution in [-0.2, 0) is 18.6 Å². The largest absolute Gasteiger partial charge is 0.301 e. The highest BCUT2D eigenvalue weighted by Gasteiger charge is 2.23. The molecule has 1 aliphatic carbocycles. The Balaban J connectivity index is 1.45. The summed E-state index contributed by atoms with van der Waals surface area (Å²) >= 11 is 4.95. The number of fused-ring (bicyclic) bond motifs is 4. The van der Waals surface area contributed by atoms with Crippen LogP contribution in [-0.4, -0.2) is 15.0 Å². The number of H-pyrrole nitrogens is 1. The molecule has 3 heterocycles.